The minimum Gasteiger partial charge on any atom is -0.481 e. The van der Waals surface area contributed by atoms with Crippen LogP contribution in [-0.4, -0.2) is 31.0 Å². The highest BCUT2D eigenvalue weighted by atomic mass is 19.4. The van der Waals surface area contributed by atoms with E-state index in [0.29, 0.717) is 0 Å². The molecule has 0 saturated carbocycles. The van der Waals surface area contributed by atoms with Crippen LogP contribution in [0.4, 0.5) is 13.2 Å². The Bertz CT molecular complexity index is 491. The Morgan fingerprint density at radius 3 is 2.55 bits per heavy atom. The van der Waals surface area contributed by atoms with Gasteiger partial charge in [-0.3, -0.25) is 0 Å². The van der Waals surface area contributed by atoms with Crippen LogP contribution in [0.5, 0.6) is 11.6 Å². The number of aromatic nitrogens is 1. The van der Waals surface area contributed by atoms with Crippen LogP contribution in [-0.2, 0) is 11.3 Å². The molecule has 0 saturated heterocycles. The number of nitrogens with two attached hydrogens (primary N) is 1. The first-order valence-corrected chi connectivity index (χ1v) is 5.52. The molecule has 0 aliphatic rings. The molecule has 1 heterocycles. The lowest BCUT2D eigenvalue weighted by Crippen LogP contribution is -2.22. The van der Waals surface area contributed by atoms with Gasteiger partial charge >= 0.3 is 12.3 Å². The van der Waals surface area contributed by atoms with Crippen molar-refractivity contribution in [2.75, 3.05) is 13.7 Å². The number of carbonyl (C=O) groups excluding carboxylic acids is 1. The monoisotopic (exact) mass is 294 g/mol. The van der Waals surface area contributed by atoms with Crippen molar-refractivity contribution in [2.24, 2.45) is 5.73 Å². The van der Waals surface area contributed by atoms with E-state index in [9.17, 15) is 18.0 Å². The van der Waals surface area contributed by atoms with Gasteiger partial charge in [0.25, 0.3) is 0 Å². The number of hydrogen-bond donors (Lipinski definition) is 1. The van der Waals surface area contributed by atoms with Crippen LogP contribution in [0.1, 0.15) is 22.8 Å². The van der Waals surface area contributed by atoms with Crippen molar-refractivity contribution < 1.29 is 32.2 Å². The van der Waals surface area contributed by atoms with Crippen molar-refractivity contribution in [1.82, 2.24) is 4.98 Å². The molecular formula is C11H13F3N2O4. The topological polar surface area (TPSA) is 83.7 Å². The number of ether oxygens (including phenoxy) is 3. The van der Waals surface area contributed by atoms with E-state index in [1.165, 1.54) is 14.0 Å². The van der Waals surface area contributed by atoms with Gasteiger partial charge in [-0.05, 0) is 6.92 Å². The maximum atomic E-state index is 12.4. The minimum atomic E-state index is -4.99. The summed E-state index contributed by atoms with van der Waals surface area (Å²) in [5.74, 6) is -1.90. The summed E-state index contributed by atoms with van der Waals surface area (Å²) in [6.07, 6.45) is -4.10. The molecular weight excluding hydrogens is 281 g/mol. The van der Waals surface area contributed by atoms with Crippen LogP contribution in [0.2, 0.25) is 0 Å². The summed E-state index contributed by atoms with van der Waals surface area (Å²) in [5, 5.41) is 0. The third-order valence-electron chi connectivity index (χ3n) is 2.20. The van der Waals surface area contributed by atoms with E-state index in [1.54, 1.807) is 0 Å². The number of hydrogen-bond acceptors (Lipinski definition) is 6. The van der Waals surface area contributed by atoms with E-state index in [0.717, 1.165) is 6.20 Å². The normalized spacial score (nSPS) is 11.1. The molecule has 1 rings (SSSR count). The van der Waals surface area contributed by atoms with Gasteiger partial charge < -0.3 is 19.9 Å². The summed E-state index contributed by atoms with van der Waals surface area (Å²) in [4.78, 5) is 15.3. The first kappa shape index (κ1) is 16.0. The van der Waals surface area contributed by atoms with Gasteiger partial charge in [-0.25, -0.2) is 9.78 Å². The number of carbonyl (C=O) groups is 1. The van der Waals surface area contributed by atoms with E-state index < -0.39 is 23.6 Å². The van der Waals surface area contributed by atoms with E-state index in [2.05, 4.69) is 14.5 Å². The second kappa shape index (κ2) is 6.42. The molecule has 0 atom stereocenters. The molecule has 0 aliphatic carbocycles. The van der Waals surface area contributed by atoms with Crippen LogP contribution < -0.4 is 15.2 Å². The molecule has 0 spiro atoms. The number of pyridine rings is 1. The standard InChI is InChI=1S/C11H13F3N2O4/c1-3-19-10(17)7-5-16-9(18-2)6(4-15)8(7)20-11(12,13)14/h5H,3-4,15H2,1-2H3. The van der Waals surface area contributed by atoms with Gasteiger partial charge in [0, 0.05) is 12.7 Å². The van der Waals surface area contributed by atoms with Crippen molar-refractivity contribution >= 4 is 5.97 Å². The fraction of sp³-hybridized carbons (Fsp3) is 0.455. The predicted molar refractivity (Wildman–Crippen MR) is 61.3 cm³/mol. The van der Waals surface area contributed by atoms with E-state index in [4.69, 9.17) is 10.5 Å². The molecule has 0 fully saturated rings. The molecule has 0 amide bonds. The third kappa shape index (κ3) is 3.73. The smallest absolute Gasteiger partial charge is 0.481 e. The highest BCUT2D eigenvalue weighted by Crippen LogP contribution is 2.34. The van der Waals surface area contributed by atoms with Gasteiger partial charge in [0.2, 0.25) is 5.88 Å². The first-order valence-electron chi connectivity index (χ1n) is 5.52. The zero-order valence-electron chi connectivity index (χ0n) is 10.8. The molecule has 20 heavy (non-hydrogen) atoms. The van der Waals surface area contributed by atoms with Gasteiger partial charge in [-0.1, -0.05) is 0 Å². The van der Waals surface area contributed by atoms with Crippen LogP contribution in [0.25, 0.3) is 0 Å². The third-order valence-corrected chi connectivity index (χ3v) is 2.20. The maximum Gasteiger partial charge on any atom is 0.573 e. The van der Waals surface area contributed by atoms with Gasteiger partial charge in [0.1, 0.15) is 5.56 Å². The summed E-state index contributed by atoms with van der Waals surface area (Å²) >= 11 is 0. The van der Waals surface area contributed by atoms with E-state index >= 15 is 0 Å². The highest BCUT2D eigenvalue weighted by molar-refractivity contribution is 5.93. The lowest BCUT2D eigenvalue weighted by atomic mass is 10.1. The van der Waals surface area contributed by atoms with Crippen molar-refractivity contribution in [2.45, 2.75) is 19.8 Å². The van der Waals surface area contributed by atoms with Crippen molar-refractivity contribution in [3.63, 3.8) is 0 Å². The molecule has 0 bridgehead atoms. The zero-order chi connectivity index (χ0) is 15.3. The lowest BCUT2D eigenvalue weighted by molar-refractivity contribution is -0.275. The highest BCUT2D eigenvalue weighted by Gasteiger charge is 2.35. The second-order valence-electron chi connectivity index (χ2n) is 3.46. The molecule has 6 nitrogen and oxygen atoms in total. The van der Waals surface area contributed by atoms with Crippen LogP contribution >= 0.6 is 0 Å². The fourth-order valence-corrected chi connectivity index (χ4v) is 1.46. The Hall–Kier alpha value is -2.03. The van der Waals surface area contributed by atoms with Crippen LogP contribution in [0.3, 0.4) is 0 Å². The zero-order valence-corrected chi connectivity index (χ0v) is 10.8. The molecule has 0 aromatic carbocycles. The van der Waals surface area contributed by atoms with E-state index in [1.807, 2.05) is 0 Å². The summed E-state index contributed by atoms with van der Waals surface area (Å²) in [5.41, 5.74) is 4.73. The molecule has 0 unspecified atom stereocenters. The van der Waals surface area contributed by atoms with E-state index in [-0.39, 0.29) is 24.6 Å². The molecule has 112 valence electrons. The Labute approximate surface area is 112 Å². The van der Waals surface area contributed by atoms with Crippen molar-refractivity contribution in [3.05, 3.63) is 17.3 Å². The van der Waals surface area contributed by atoms with Gasteiger partial charge in [-0.2, -0.15) is 0 Å². The summed E-state index contributed by atoms with van der Waals surface area (Å²) in [6.45, 7) is 1.16. The van der Waals surface area contributed by atoms with Crippen molar-refractivity contribution in [3.8, 4) is 11.6 Å². The first-order chi connectivity index (χ1) is 9.34. The van der Waals surface area contributed by atoms with Crippen LogP contribution in [0, 0.1) is 0 Å². The quantitative estimate of drug-likeness (QED) is 0.831. The minimum absolute atomic E-state index is 0.00568. The summed E-state index contributed by atoms with van der Waals surface area (Å²) < 4.78 is 50.6. The fourth-order valence-electron chi connectivity index (χ4n) is 1.46. The largest absolute Gasteiger partial charge is 0.573 e. The van der Waals surface area contributed by atoms with Gasteiger partial charge in [-0.15, -0.1) is 13.2 Å². The molecule has 9 heteroatoms. The number of esters is 1. The van der Waals surface area contributed by atoms with Gasteiger partial charge in [0.15, 0.2) is 5.75 Å². The molecule has 0 aliphatic heterocycles. The van der Waals surface area contributed by atoms with Gasteiger partial charge in [0.05, 0.1) is 19.3 Å². The average Bonchev–Trinajstić information content (AvgIpc) is 2.36. The molecule has 0 radical (unpaired) electrons. The maximum absolute atomic E-state index is 12.4. The SMILES string of the molecule is CCOC(=O)c1cnc(OC)c(CN)c1OC(F)(F)F. The van der Waals surface area contributed by atoms with Crippen LogP contribution in [0.15, 0.2) is 6.20 Å². The predicted octanol–water partition coefficient (Wildman–Crippen LogP) is 1.62. The van der Waals surface area contributed by atoms with Crippen molar-refractivity contribution in [1.29, 1.82) is 0 Å². The Morgan fingerprint density at radius 2 is 2.10 bits per heavy atom. The second-order valence-corrected chi connectivity index (χ2v) is 3.46. The Morgan fingerprint density at radius 1 is 1.45 bits per heavy atom. The number of alkyl halides is 3. The number of methoxy groups -OCH3 is 1. The Balaban J connectivity index is 3.39. The number of nitrogens with zero attached hydrogens (tertiary/aromatic N) is 1. The molecule has 1 aromatic heterocycles. The summed E-state index contributed by atoms with van der Waals surface area (Å²) in [6, 6.07) is 0. The summed E-state index contributed by atoms with van der Waals surface area (Å²) in [7, 11) is 1.21. The molecule has 1 aromatic rings. The molecule has 2 N–H and O–H groups in total. The lowest BCUT2D eigenvalue weighted by Gasteiger charge is -2.17. The number of rotatable bonds is 5. The number of halogens is 3. The average molecular weight is 294 g/mol. The Kier molecular flexibility index (Phi) is 5.14.